The highest BCUT2D eigenvalue weighted by Crippen LogP contribution is 2.27. The Morgan fingerprint density at radius 3 is 2.55 bits per heavy atom. The van der Waals surface area contributed by atoms with E-state index in [2.05, 4.69) is 4.72 Å². The molecule has 0 aromatic heterocycles. The number of hydrogen-bond donors (Lipinski definition) is 1. The smallest absolute Gasteiger partial charge is 0.208 e. The van der Waals surface area contributed by atoms with Gasteiger partial charge in [0.25, 0.3) is 0 Å². The highest BCUT2D eigenvalue weighted by molar-refractivity contribution is 7.89. The third-order valence-electron chi connectivity index (χ3n) is 3.90. The summed E-state index contributed by atoms with van der Waals surface area (Å²) in [6.07, 6.45) is 5.63. The monoisotopic (exact) mass is 319 g/mol. The van der Waals surface area contributed by atoms with E-state index in [1.54, 1.807) is 0 Å². The zero-order chi connectivity index (χ0) is 14.8. The topological polar surface area (TPSA) is 46.2 Å². The van der Waals surface area contributed by atoms with E-state index in [0.29, 0.717) is 5.92 Å². The van der Waals surface area contributed by atoms with Crippen LogP contribution in [-0.2, 0) is 10.0 Å². The summed E-state index contributed by atoms with van der Waals surface area (Å²) in [5, 5.41) is -0.182. The lowest BCUT2D eigenvalue weighted by atomic mass is 9.85. The van der Waals surface area contributed by atoms with E-state index in [4.69, 9.17) is 11.6 Å². The second kappa shape index (κ2) is 6.41. The number of sulfonamides is 1. The molecule has 1 aromatic rings. The summed E-state index contributed by atoms with van der Waals surface area (Å²) in [6, 6.07) is 3.33. The van der Waals surface area contributed by atoms with Crippen molar-refractivity contribution in [2.45, 2.75) is 50.0 Å². The summed E-state index contributed by atoms with van der Waals surface area (Å²) < 4.78 is 40.3. The van der Waals surface area contributed by atoms with Crippen LogP contribution in [0.25, 0.3) is 0 Å². The van der Waals surface area contributed by atoms with Crippen LogP contribution in [-0.4, -0.2) is 14.5 Å². The predicted octanol–water partition coefficient (Wildman–Crippen LogP) is 3.73. The van der Waals surface area contributed by atoms with E-state index in [1.165, 1.54) is 12.5 Å². The number of hydrogen-bond acceptors (Lipinski definition) is 2. The second-order valence-electron chi connectivity index (χ2n) is 5.38. The Hall–Kier alpha value is -0.650. The minimum absolute atomic E-state index is 0.00607. The maximum atomic E-state index is 13.1. The fourth-order valence-electron chi connectivity index (χ4n) is 2.69. The van der Waals surface area contributed by atoms with Crippen LogP contribution in [0.3, 0.4) is 0 Å². The molecule has 2 rings (SSSR count). The molecule has 0 saturated heterocycles. The molecule has 1 aromatic carbocycles. The maximum absolute atomic E-state index is 13.1. The lowest BCUT2D eigenvalue weighted by molar-refractivity contribution is 0.303. The van der Waals surface area contributed by atoms with Crippen molar-refractivity contribution in [1.82, 2.24) is 4.72 Å². The Balaban J connectivity index is 2.11. The first-order chi connectivity index (χ1) is 9.40. The Kier molecular flexibility index (Phi) is 5.04. The summed E-state index contributed by atoms with van der Waals surface area (Å²) in [5.74, 6) is -0.250. The molecule has 112 valence electrons. The molecule has 20 heavy (non-hydrogen) atoms. The lowest BCUT2D eigenvalue weighted by Crippen LogP contribution is -2.38. The first-order valence-corrected chi connectivity index (χ1v) is 8.73. The van der Waals surface area contributed by atoms with Gasteiger partial charge in [0.1, 0.15) is 5.82 Å². The molecule has 1 fully saturated rings. The molecule has 6 heteroatoms. The van der Waals surface area contributed by atoms with Crippen molar-refractivity contribution in [2.24, 2.45) is 5.92 Å². The van der Waals surface area contributed by atoms with Crippen LogP contribution in [0.15, 0.2) is 23.1 Å². The van der Waals surface area contributed by atoms with Gasteiger partial charge in [-0.3, -0.25) is 0 Å². The van der Waals surface area contributed by atoms with Gasteiger partial charge in [0.2, 0.25) is 10.0 Å². The van der Waals surface area contributed by atoms with Crippen molar-refractivity contribution >= 4 is 21.6 Å². The summed E-state index contributed by atoms with van der Waals surface area (Å²) >= 11 is 5.64. The fraction of sp³-hybridized carbons (Fsp3) is 0.571. The highest BCUT2D eigenvalue weighted by atomic mass is 35.5. The highest BCUT2D eigenvalue weighted by Gasteiger charge is 2.25. The van der Waals surface area contributed by atoms with E-state index < -0.39 is 15.8 Å². The van der Waals surface area contributed by atoms with Crippen LogP contribution in [0.5, 0.6) is 0 Å². The average molecular weight is 320 g/mol. The van der Waals surface area contributed by atoms with Crippen LogP contribution < -0.4 is 4.72 Å². The molecule has 1 N–H and O–H groups in total. The molecule has 3 nitrogen and oxygen atoms in total. The Morgan fingerprint density at radius 1 is 1.30 bits per heavy atom. The van der Waals surface area contributed by atoms with Gasteiger partial charge < -0.3 is 0 Å². The van der Waals surface area contributed by atoms with Gasteiger partial charge in [-0.2, -0.15) is 0 Å². The van der Waals surface area contributed by atoms with Gasteiger partial charge in [-0.25, -0.2) is 17.5 Å². The van der Waals surface area contributed by atoms with Crippen molar-refractivity contribution in [3.63, 3.8) is 0 Å². The van der Waals surface area contributed by atoms with Gasteiger partial charge in [-0.05, 0) is 43.9 Å². The zero-order valence-electron chi connectivity index (χ0n) is 11.4. The molecule has 1 aliphatic rings. The largest absolute Gasteiger partial charge is 0.240 e. The van der Waals surface area contributed by atoms with Crippen molar-refractivity contribution in [3.05, 3.63) is 29.0 Å². The SMILES string of the molecule is CC(NS(=O)(=O)c1ccc(F)c(Cl)c1)C1CCCCC1. The molecule has 0 radical (unpaired) electrons. The molecule has 0 heterocycles. The fourth-order valence-corrected chi connectivity index (χ4v) is 4.27. The van der Waals surface area contributed by atoms with E-state index in [9.17, 15) is 12.8 Å². The summed E-state index contributed by atoms with van der Waals surface area (Å²) in [5.41, 5.74) is 0. The molecular formula is C14H19ClFNO2S. The molecule has 0 aliphatic heterocycles. The Labute approximate surface area is 124 Å². The number of nitrogens with one attached hydrogen (secondary N) is 1. The second-order valence-corrected chi connectivity index (χ2v) is 7.51. The average Bonchev–Trinajstić information content (AvgIpc) is 2.42. The molecular weight excluding hydrogens is 301 g/mol. The molecule has 1 aliphatic carbocycles. The minimum atomic E-state index is -3.65. The lowest BCUT2D eigenvalue weighted by Gasteiger charge is -2.28. The van der Waals surface area contributed by atoms with Crippen LogP contribution in [0, 0.1) is 11.7 Å². The van der Waals surface area contributed by atoms with Crippen LogP contribution in [0.4, 0.5) is 4.39 Å². The van der Waals surface area contributed by atoms with Crippen molar-refractivity contribution < 1.29 is 12.8 Å². The Bertz CT molecular complexity index is 571. The summed E-state index contributed by atoms with van der Waals surface area (Å²) in [7, 11) is -3.65. The quantitative estimate of drug-likeness (QED) is 0.919. The van der Waals surface area contributed by atoms with Crippen molar-refractivity contribution in [2.75, 3.05) is 0 Å². The number of benzene rings is 1. The third kappa shape index (κ3) is 3.71. The van der Waals surface area contributed by atoms with E-state index in [-0.39, 0.29) is 16.0 Å². The summed E-state index contributed by atoms with van der Waals surface area (Å²) in [4.78, 5) is 0.00607. The minimum Gasteiger partial charge on any atom is -0.208 e. The summed E-state index contributed by atoms with van der Waals surface area (Å²) in [6.45, 7) is 1.89. The van der Waals surface area contributed by atoms with Crippen molar-refractivity contribution in [3.8, 4) is 0 Å². The Morgan fingerprint density at radius 2 is 1.95 bits per heavy atom. The standard InChI is InChI=1S/C14H19ClFNO2S/c1-10(11-5-3-2-4-6-11)17-20(18,19)12-7-8-14(16)13(15)9-12/h7-11,17H,2-6H2,1H3. The van der Waals surface area contributed by atoms with Gasteiger partial charge in [-0.15, -0.1) is 0 Å². The normalized spacial score (nSPS) is 18.9. The van der Waals surface area contributed by atoms with E-state index in [0.717, 1.165) is 37.8 Å². The van der Waals surface area contributed by atoms with Gasteiger partial charge in [0.15, 0.2) is 0 Å². The van der Waals surface area contributed by atoms with E-state index in [1.807, 2.05) is 6.92 Å². The van der Waals surface area contributed by atoms with Crippen molar-refractivity contribution in [1.29, 1.82) is 0 Å². The van der Waals surface area contributed by atoms with Gasteiger partial charge in [0.05, 0.1) is 9.92 Å². The molecule has 0 amide bonds. The molecule has 0 bridgehead atoms. The maximum Gasteiger partial charge on any atom is 0.240 e. The van der Waals surface area contributed by atoms with Gasteiger partial charge in [0, 0.05) is 6.04 Å². The predicted molar refractivity (Wildman–Crippen MR) is 77.8 cm³/mol. The number of halogens is 2. The number of rotatable bonds is 4. The van der Waals surface area contributed by atoms with Crippen LogP contribution >= 0.6 is 11.6 Å². The molecule has 1 unspecified atom stereocenters. The van der Waals surface area contributed by atoms with Gasteiger partial charge in [-0.1, -0.05) is 30.9 Å². The van der Waals surface area contributed by atoms with Gasteiger partial charge >= 0.3 is 0 Å². The molecule has 0 spiro atoms. The van der Waals surface area contributed by atoms with Crippen LogP contribution in [0.2, 0.25) is 5.02 Å². The van der Waals surface area contributed by atoms with E-state index >= 15 is 0 Å². The van der Waals surface area contributed by atoms with Crippen LogP contribution in [0.1, 0.15) is 39.0 Å². The molecule has 1 atom stereocenters. The molecule has 1 saturated carbocycles. The zero-order valence-corrected chi connectivity index (χ0v) is 13.0. The first kappa shape index (κ1) is 15.7. The third-order valence-corrected chi connectivity index (χ3v) is 5.75. The first-order valence-electron chi connectivity index (χ1n) is 6.87.